The van der Waals surface area contributed by atoms with E-state index in [0.29, 0.717) is 11.6 Å². The molecule has 2 aromatic carbocycles. The topological polar surface area (TPSA) is 102 Å². The average molecular weight is 469 g/mol. The highest BCUT2D eigenvalue weighted by molar-refractivity contribution is 8.00. The maximum atomic E-state index is 9.10. The van der Waals surface area contributed by atoms with Crippen molar-refractivity contribution in [1.82, 2.24) is 9.55 Å². The molecule has 0 aliphatic rings. The van der Waals surface area contributed by atoms with Crippen molar-refractivity contribution in [3.05, 3.63) is 77.3 Å². The number of thioether (sulfide) groups is 1. The Morgan fingerprint density at radius 3 is 2.07 bits per heavy atom. The summed E-state index contributed by atoms with van der Waals surface area (Å²) in [5.41, 5.74) is 0. The third-order valence-corrected chi connectivity index (χ3v) is 5.19. The van der Waals surface area contributed by atoms with Crippen LogP contribution in [0.25, 0.3) is 0 Å². The Morgan fingerprint density at radius 2 is 1.57 bits per heavy atom. The molecule has 0 aliphatic carbocycles. The standard InChI is InChI=1S/C18H16Cl2N2OS.C2H2O4/c19-14-1-5-16(6-2-14)23-12-18(11-22-10-9-21-13-22)24-17-7-3-15(20)4-8-17;3-1(4)2(5)6/h1-10,13,18H,11-12H2;(H,3,4)(H,5,6). The molecule has 0 amide bonds. The Morgan fingerprint density at radius 1 is 1.00 bits per heavy atom. The maximum absolute atomic E-state index is 9.10. The Hall–Kier alpha value is -2.68. The molecular formula is C20H18Cl2N2O5S. The quantitative estimate of drug-likeness (QED) is 0.386. The van der Waals surface area contributed by atoms with Crippen LogP contribution in [0.4, 0.5) is 0 Å². The number of benzene rings is 2. The monoisotopic (exact) mass is 468 g/mol. The summed E-state index contributed by atoms with van der Waals surface area (Å²) in [6.07, 6.45) is 5.56. The van der Waals surface area contributed by atoms with Crippen molar-refractivity contribution in [3.8, 4) is 5.75 Å². The van der Waals surface area contributed by atoms with Crippen molar-refractivity contribution in [2.75, 3.05) is 6.61 Å². The van der Waals surface area contributed by atoms with Gasteiger partial charge in [-0.05, 0) is 48.5 Å². The zero-order valence-corrected chi connectivity index (χ0v) is 17.8. The number of aromatic nitrogens is 2. The van der Waals surface area contributed by atoms with E-state index in [-0.39, 0.29) is 5.25 Å². The third-order valence-electron chi connectivity index (χ3n) is 3.52. The van der Waals surface area contributed by atoms with Gasteiger partial charge in [0.2, 0.25) is 0 Å². The second kappa shape index (κ2) is 12.1. The molecule has 0 aliphatic heterocycles. The SMILES string of the molecule is Clc1ccc(OCC(Cn2ccnc2)Sc2ccc(Cl)cc2)cc1.O=C(O)C(=O)O. The molecule has 30 heavy (non-hydrogen) atoms. The number of carboxylic acids is 2. The number of carboxylic acid groups (broad SMARTS) is 2. The predicted octanol–water partition coefficient (Wildman–Crippen LogP) is 4.59. The van der Waals surface area contributed by atoms with Gasteiger partial charge in [-0.25, -0.2) is 14.6 Å². The molecule has 1 aromatic heterocycles. The van der Waals surface area contributed by atoms with Crippen molar-refractivity contribution in [2.45, 2.75) is 16.7 Å². The van der Waals surface area contributed by atoms with Crippen LogP contribution in [0.15, 0.2) is 72.1 Å². The minimum atomic E-state index is -1.82. The highest BCUT2D eigenvalue weighted by atomic mass is 35.5. The van der Waals surface area contributed by atoms with Gasteiger partial charge in [-0.3, -0.25) is 0 Å². The van der Waals surface area contributed by atoms with Crippen LogP contribution in [0.5, 0.6) is 5.75 Å². The van der Waals surface area contributed by atoms with Crippen molar-refractivity contribution in [2.24, 2.45) is 0 Å². The van der Waals surface area contributed by atoms with Crippen LogP contribution in [-0.2, 0) is 16.1 Å². The number of hydrogen-bond donors (Lipinski definition) is 2. The van der Waals surface area contributed by atoms with E-state index in [9.17, 15) is 0 Å². The van der Waals surface area contributed by atoms with Crippen molar-refractivity contribution in [3.63, 3.8) is 0 Å². The van der Waals surface area contributed by atoms with E-state index in [1.807, 2.05) is 61.1 Å². The Kier molecular flexibility index (Phi) is 9.53. The number of hydrogen-bond acceptors (Lipinski definition) is 5. The summed E-state index contributed by atoms with van der Waals surface area (Å²) in [4.78, 5) is 23.5. The molecule has 0 fully saturated rings. The number of nitrogens with zero attached hydrogens (tertiary/aromatic N) is 2. The number of rotatable bonds is 7. The summed E-state index contributed by atoms with van der Waals surface area (Å²) in [5.74, 6) is -2.84. The molecule has 0 saturated heterocycles. The van der Waals surface area contributed by atoms with Crippen LogP contribution in [0.3, 0.4) is 0 Å². The molecule has 1 unspecified atom stereocenters. The van der Waals surface area contributed by atoms with Gasteiger partial charge in [0.15, 0.2) is 0 Å². The van der Waals surface area contributed by atoms with E-state index in [1.54, 1.807) is 18.0 Å². The Bertz CT molecular complexity index is 923. The minimum absolute atomic E-state index is 0.232. The molecule has 3 aromatic rings. The lowest BCUT2D eigenvalue weighted by atomic mass is 10.3. The second-order valence-corrected chi connectivity index (χ2v) is 8.08. The van der Waals surface area contributed by atoms with Crippen LogP contribution in [-0.4, -0.2) is 43.6 Å². The van der Waals surface area contributed by atoms with Crippen LogP contribution < -0.4 is 4.74 Å². The molecular weight excluding hydrogens is 451 g/mol. The molecule has 0 radical (unpaired) electrons. The number of halogens is 2. The highest BCUT2D eigenvalue weighted by Gasteiger charge is 2.13. The zero-order valence-electron chi connectivity index (χ0n) is 15.5. The third kappa shape index (κ3) is 8.77. The lowest BCUT2D eigenvalue weighted by Gasteiger charge is -2.18. The summed E-state index contributed by atoms with van der Waals surface area (Å²) in [7, 11) is 0. The van der Waals surface area contributed by atoms with Gasteiger partial charge < -0.3 is 19.5 Å². The molecule has 3 rings (SSSR count). The maximum Gasteiger partial charge on any atom is 0.414 e. The van der Waals surface area contributed by atoms with Crippen molar-refractivity contribution < 1.29 is 24.5 Å². The molecule has 0 bridgehead atoms. The summed E-state index contributed by atoms with van der Waals surface area (Å²) in [5, 5.41) is 16.5. The van der Waals surface area contributed by atoms with Gasteiger partial charge in [-0.1, -0.05) is 23.2 Å². The first-order valence-electron chi connectivity index (χ1n) is 8.56. The van der Waals surface area contributed by atoms with Gasteiger partial charge in [0.1, 0.15) is 12.4 Å². The second-order valence-electron chi connectivity index (χ2n) is 5.83. The van der Waals surface area contributed by atoms with Gasteiger partial charge in [-0.2, -0.15) is 0 Å². The van der Waals surface area contributed by atoms with E-state index < -0.39 is 11.9 Å². The Balaban J connectivity index is 0.000000469. The number of ether oxygens (including phenoxy) is 1. The van der Waals surface area contributed by atoms with Crippen molar-refractivity contribution in [1.29, 1.82) is 0 Å². The molecule has 0 saturated carbocycles. The largest absolute Gasteiger partial charge is 0.492 e. The summed E-state index contributed by atoms with van der Waals surface area (Å²) >= 11 is 13.6. The van der Waals surface area contributed by atoms with Crippen LogP contribution in [0.1, 0.15) is 0 Å². The van der Waals surface area contributed by atoms with E-state index in [1.165, 1.54) is 0 Å². The van der Waals surface area contributed by atoms with Gasteiger partial charge in [-0.15, -0.1) is 11.8 Å². The number of carbonyl (C=O) groups is 2. The van der Waals surface area contributed by atoms with Gasteiger partial charge in [0.25, 0.3) is 0 Å². The first-order chi connectivity index (χ1) is 14.3. The van der Waals surface area contributed by atoms with Crippen LogP contribution in [0, 0.1) is 0 Å². The zero-order chi connectivity index (χ0) is 21.9. The van der Waals surface area contributed by atoms with E-state index in [2.05, 4.69) is 9.55 Å². The Labute approximate surface area is 187 Å². The van der Waals surface area contributed by atoms with E-state index in [0.717, 1.165) is 22.2 Å². The molecule has 2 N–H and O–H groups in total. The first-order valence-corrected chi connectivity index (χ1v) is 10.2. The molecule has 1 atom stereocenters. The molecule has 0 spiro atoms. The van der Waals surface area contributed by atoms with Crippen molar-refractivity contribution >= 4 is 46.9 Å². The van der Waals surface area contributed by atoms with Gasteiger partial charge >= 0.3 is 11.9 Å². The molecule has 1 heterocycles. The fourth-order valence-electron chi connectivity index (χ4n) is 2.18. The lowest BCUT2D eigenvalue weighted by Crippen LogP contribution is -2.20. The summed E-state index contributed by atoms with van der Waals surface area (Å²) in [6, 6.07) is 15.3. The van der Waals surface area contributed by atoms with Gasteiger partial charge in [0, 0.05) is 33.9 Å². The van der Waals surface area contributed by atoms with Crippen LogP contribution >= 0.6 is 35.0 Å². The number of imidazole rings is 1. The number of aliphatic carboxylic acids is 2. The fraction of sp³-hybridized carbons (Fsp3) is 0.150. The van der Waals surface area contributed by atoms with Gasteiger partial charge in [0.05, 0.1) is 11.6 Å². The molecule has 158 valence electrons. The summed E-state index contributed by atoms with van der Waals surface area (Å²) in [6.45, 7) is 1.38. The highest BCUT2D eigenvalue weighted by Crippen LogP contribution is 2.27. The lowest BCUT2D eigenvalue weighted by molar-refractivity contribution is -0.159. The van der Waals surface area contributed by atoms with Crippen LogP contribution in [0.2, 0.25) is 10.0 Å². The van der Waals surface area contributed by atoms with E-state index >= 15 is 0 Å². The smallest absolute Gasteiger partial charge is 0.414 e. The van der Waals surface area contributed by atoms with E-state index in [4.69, 9.17) is 47.7 Å². The first kappa shape index (κ1) is 23.6. The minimum Gasteiger partial charge on any atom is -0.492 e. The fourth-order valence-corrected chi connectivity index (χ4v) is 3.49. The summed E-state index contributed by atoms with van der Waals surface area (Å²) < 4.78 is 7.98. The predicted molar refractivity (Wildman–Crippen MR) is 116 cm³/mol. The average Bonchev–Trinajstić information content (AvgIpc) is 3.22. The molecule has 10 heteroatoms. The normalized spacial score (nSPS) is 11.1. The molecule has 7 nitrogen and oxygen atoms in total.